The highest BCUT2D eigenvalue weighted by molar-refractivity contribution is 7.51. The van der Waals surface area contributed by atoms with Crippen LogP contribution in [0.15, 0.2) is 17.4 Å². The Balaban J connectivity index is 1.81. The number of ether oxygens (including phenoxy) is 1. The second kappa shape index (κ2) is 6.27. The van der Waals surface area contributed by atoms with Crippen LogP contribution >= 0.6 is 7.60 Å². The van der Waals surface area contributed by atoms with Crippen molar-refractivity contribution >= 4 is 18.8 Å². The van der Waals surface area contributed by atoms with Crippen LogP contribution in [0.25, 0.3) is 11.2 Å². The lowest BCUT2D eigenvalue weighted by atomic mass is 10.4. The predicted octanol–water partition coefficient (Wildman–Crippen LogP) is 0.0516. The Kier molecular flexibility index (Phi) is 4.66. The molecular weight excluding hydrogens is 287 g/mol. The van der Waals surface area contributed by atoms with Gasteiger partial charge in [-0.05, 0) is 12.8 Å². The van der Waals surface area contributed by atoms with Crippen LogP contribution in [0.4, 0.5) is 0 Å². The standard InChI is InChI=1S/C10H15N4O5P/c15-10-8-9(11-5-12-10)14(6-13-8)7-19-3-1-2-4-20(16,17)18/h5-6H,1-4,7H2,(H,11,12,15)(H2,16,17,18). The molecule has 0 unspecified atom stereocenters. The molecule has 0 saturated carbocycles. The molecule has 0 saturated heterocycles. The van der Waals surface area contributed by atoms with Gasteiger partial charge in [0.25, 0.3) is 5.56 Å². The zero-order valence-corrected chi connectivity index (χ0v) is 11.5. The predicted molar refractivity (Wildman–Crippen MR) is 70.2 cm³/mol. The minimum Gasteiger partial charge on any atom is -0.361 e. The number of nitrogens with zero attached hydrogens (tertiary/aromatic N) is 3. The number of imidazole rings is 1. The monoisotopic (exact) mass is 302 g/mol. The molecule has 0 aliphatic rings. The van der Waals surface area contributed by atoms with Crippen LogP contribution in [0.1, 0.15) is 12.8 Å². The van der Waals surface area contributed by atoms with Gasteiger partial charge >= 0.3 is 7.60 Å². The van der Waals surface area contributed by atoms with Gasteiger partial charge in [0.15, 0.2) is 11.2 Å². The molecule has 2 heterocycles. The number of aromatic amines is 1. The Bertz CT molecular complexity index is 676. The number of nitrogens with one attached hydrogen (secondary N) is 1. The highest BCUT2D eigenvalue weighted by Crippen LogP contribution is 2.35. The van der Waals surface area contributed by atoms with Crippen LogP contribution in [0, 0.1) is 0 Å². The van der Waals surface area contributed by atoms with Gasteiger partial charge in [-0.15, -0.1) is 0 Å². The summed E-state index contributed by atoms with van der Waals surface area (Å²) in [6.45, 7) is 0.547. The quantitative estimate of drug-likeness (QED) is 0.486. The van der Waals surface area contributed by atoms with Crippen molar-refractivity contribution in [1.82, 2.24) is 19.5 Å². The summed E-state index contributed by atoms with van der Waals surface area (Å²) in [6.07, 6.45) is 3.56. The third kappa shape index (κ3) is 3.97. The maximum absolute atomic E-state index is 11.4. The molecule has 0 atom stereocenters. The van der Waals surface area contributed by atoms with Crippen LogP contribution in [0.3, 0.4) is 0 Å². The molecule has 2 aromatic heterocycles. The van der Waals surface area contributed by atoms with E-state index in [9.17, 15) is 9.36 Å². The molecule has 0 amide bonds. The van der Waals surface area contributed by atoms with Gasteiger partial charge in [-0.25, -0.2) is 9.97 Å². The molecule has 10 heteroatoms. The summed E-state index contributed by atoms with van der Waals surface area (Å²) in [6, 6.07) is 0. The number of fused-ring (bicyclic) bond motifs is 1. The summed E-state index contributed by atoms with van der Waals surface area (Å²) < 4.78 is 17.6. The maximum atomic E-state index is 11.4. The molecular formula is C10H15N4O5P. The van der Waals surface area contributed by atoms with Gasteiger partial charge < -0.3 is 19.5 Å². The summed E-state index contributed by atoms with van der Waals surface area (Å²) in [4.78, 5) is 39.2. The first-order chi connectivity index (χ1) is 9.47. The fourth-order valence-corrected chi connectivity index (χ4v) is 2.31. The molecule has 3 N–H and O–H groups in total. The lowest BCUT2D eigenvalue weighted by Gasteiger charge is -2.06. The van der Waals surface area contributed by atoms with E-state index in [1.165, 1.54) is 12.7 Å². The van der Waals surface area contributed by atoms with Gasteiger partial charge in [-0.2, -0.15) is 0 Å². The molecule has 0 fully saturated rings. The summed E-state index contributed by atoms with van der Waals surface area (Å²) in [5.74, 6) is 0. The van der Waals surface area contributed by atoms with E-state index in [0.29, 0.717) is 25.1 Å². The highest BCUT2D eigenvalue weighted by Gasteiger charge is 2.11. The van der Waals surface area contributed by atoms with Crippen molar-refractivity contribution in [3.05, 3.63) is 23.0 Å². The molecule has 2 rings (SSSR count). The van der Waals surface area contributed by atoms with Gasteiger partial charge in [0.1, 0.15) is 6.73 Å². The number of rotatable bonds is 7. The molecule has 0 aromatic carbocycles. The smallest absolute Gasteiger partial charge is 0.325 e. The van der Waals surface area contributed by atoms with E-state index in [-0.39, 0.29) is 24.0 Å². The summed E-state index contributed by atoms with van der Waals surface area (Å²) in [5, 5.41) is 0. The molecule has 0 aliphatic carbocycles. The van der Waals surface area contributed by atoms with Crippen molar-refractivity contribution < 1.29 is 19.1 Å². The van der Waals surface area contributed by atoms with Crippen LogP contribution < -0.4 is 5.56 Å². The summed E-state index contributed by atoms with van der Waals surface area (Å²) >= 11 is 0. The topological polar surface area (TPSA) is 130 Å². The first-order valence-electron chi connectivity index (χ1n) is 5.98. The molecule has 9 nitrogen and oxygen atoms in total. The van der Waals surface area contributed by atoms with Crippen molar-refractivity contribution in [3.63, 3.8) is 0 Å². The highest BCUT2D eigenvalue weighted by atomic mass is 31.2. The maximum Gasteiger partial charge on any atom is 0.325 e. The van der Waals surface area contributed by atoms with Crippen LogP contribution in [0.5, 0.6) is 0 Å². The molecule has 0 radical (unpaired) electrons. The van der Waals surface area contributed by atoms with Crippen molar-refractivity contribution in [2.75, 3.05) is 12.8 Å². The van der Waals surface area contributed by atoms with Crippen molar-refractivity contribution in [3.8, 4) is 0 Å². The Morgan fingerprint density at radius 2 is 2.15 bits per heavy atom. The lowest BCUT2D eigenvalue weighted by molar-refractivity contribution is 0.0769. The lowest BCUT2D eigenvalue weighted by Crippen LogP contribution is -2.08. The SMILES string of the molecule is O=c1[nH]cnc2c1ncn2COCCCCP(=O)(O)O. The van der Waals surface area contributed by atoms with E-state index in [0.717, 1.165) is 0 Å². The van der Waals surface area contributed by atoms with Crippen LogP contribution in [0.2, 0.25) is 0 Å². The Morgan fingerprint density at radius 3 is 2.90 bits per heavy atom. The van der Waals surface area contributed by atoms with E-state index in [1.807, 2.05) is 0 Å². The average molecular weight is 302 g/mol. The molecule has 0 aliphatic heterocycles. The molecule has 0 bridgehead atoms. The summed E-state index contributed by atoms with van der Waals surface area (Å²) in [7, 11) is -3.92. The fraction of sp³-hybridized carbons (Fsp3) is 0.500. The van der Waals surface area contributed by atoms with E-state index in [4.69, 9.17) is 14.5 Å². The van der Waals surface area contributed by atoms with E-state index in [2.05, 4.69) is 15.0 Å². The number of unbranched alkanes of at least 4 members (excludes halogenated alkanes) is 1. The van der Waals surface area contributed by atoms with Crippen molar-refractivity contribution in [1.29, 1.82) is 0 Å². The third-order valence-corrected chi connectivity index (χ3v) is 3.52. The Morgan fingerprint density at radius 1 is 1.35 bits per heavy atom. The van der Waals surface area contributed by atoms with E-state index < -0.39 is 7.60 Å². The molecule has 20 heavy (non-hydrogen) atoms. The second-order valence-corrected chi connectivity index (χ2v) is 6.03. The van der Waals surface area contributed by atoms with E-state index in [1.54, 1.807) is 4.57 Å². The molecule has 0 spiro atoms. The normalized spacial score (nSPS) is 12.1. The largest absolute Gasteiger partial charge is 0.361 e. The molecule has 110 valence electrons. The van der Waals surface area contributed by atoms with Gasteiger partial charge in [-0.3, -0.25) is 13.9 Å². The minimum atomic E-state index is -3.92. The van der Waals surface area contributed by atoms with E-state index >= 15 is 0 Å². The zero-order valence-electron chi connectivity index (χ0n) is 10.6. The average Bonchev–Trinajstić information content (AvgIpc) is 2.77. The van der Waals surface area contributed by atoms with Crippen LogP contribution in [-0.4, -0.2) is 42.1 Å². The van der Waals surface area contributed by atoms with Gasteiger partial charge in [-0.1, -0.05) is 0 Å². The minimum absolute atomic E-state index is 0.138. The zero-order chi connectivity index (χ0) is 14.6. The number of hydrogen-bond acceptors (Lipinski definition) is 5. The van der Waals surface area contributed by atoms with Crippen molar-refractivity contribution in [2.45, 2.75) is 19.6 Å². The second-order valence-electron chi connectivity index (χ2n) is 4.25. The van der Waals surface area contributed by atoms with Gasteiger partial charge in [0, 0.05) is 12.8 Å². The number of H-pyrrole nitrogens is 1. The molecule has 2 aromatic rings. The third-order valence-electron chi connectivity index (χ3n) is 2.63. The van der Waals surface area contributed by atoms with Crippen LogP contribution in [-0.2, 0) is 16.0 Å². The van der Waals surface area contributed by atoms with Crippen molar-refractivity contribution in [2.24, 2.45) is 0 Å². The first kappa shape index (κ1) is 14.9. The number of aromatic nitrogens is 4. The Labute approximate surface area is 113 Å². The Hall–Kier alpha value is -1.54. The fourth-order valence-electron chi connectivity index (χ4n) is 1.67. The summed E-state index contributed by atoms with van der Waals surface area (Å²) in [5.41, 5.74) is 0.372. The number of hydrogen-bond donors (Lipinski definition) is 3. The first-order valence-corrected chi connectivity index (χ1v) is 7.78. The van der Waals surface area contributed by atoms with Gasteiger partial charge in [0.2, 0.25) is 0 Å². The van der Waals surface area contributed by atoms with Gasteiger partial charge in [0.05, 0.1) is 12.7 Å².